The molecule has 0 fully saturated rings. The van der Waals surface area contributed by atoms with Crippen LogP contribution in [0.4, 0.5) is 0 Å². The lowest BCUT2D eigenvalue weighted by Gasteiger charge is -2.19. The Bertz CT molecular complexity index is 504. The van der Waals surface area contributed by atoms with Gasteiger partial charge in [-0.15, -0.1) is 5.10 Å². The van der Waals surface area contributed by atoms with E-state index in [0.29, 0.717) is 0 Å². The monoisotopic (exact) mass is 244 g/mol. The molecule has 0 aliphatic rings. The Kier molecular flexibility index (Phi) is 4.10. The quantitative estimate of drug-likeness (QED) is 0.877. The minimum absolute atomic E-state index is 0.157. The van der Waals surface area contributed by atoms with Gasteiger partial charge in [-0.2, -0.15) is 0 Å². The molecule has 0 saturated heterocycles. The lowest BCUT2D eigenvalue weighted by Crippen LogP contribution is -2.25. The maximum absolute atomic E-state index is 4.02. The second-order valence-corrected chi connectivity index (χ2v) is 4.58. The third kappa shape index (κ3) is 2.76. The van der Waals surface area contributed by atoms with E-state index in [1.54, 1.807) is 0 Å². The Morgan fingerprint density at radius 2 is 2.22 bits per heavy atom. The van der Waals surface area contributed by atoms with E-state index in [1.807, 2.05) is 17.9 Å². The van der Waals surface area contributed by atoms with E-state index in [-0.39, 0.29) is 6.04 Å². The van der Waals surface area contributed by atoms with Crippen molar-refractivity contribution in [1.82, 2.24) is 20.3 Å². The van der Waals surface area contributed by atoms with Crippen molar-refractivity contribution in [2.45, 2.75) is 26.3 Å². The van der Waals surface area contributed by atoms with Crippen LogP contribution in [0.15, 0.2) is 30.5 Å². The van der Waals surface area contributed by atoms with E-state index in [1.165, 1.54) is 11.1 Å². The molecule has 0 amide bonds. The maximum atomic E-state index is 4.02. The molecule has 0 bridgehead atoms. The highest BCUT2D eigenvalue weighted by Crippen LogP contribution is 2.21. The Balaban J connectivity index is 2.33. The van der Waals surface area contributed by atoms with Crippen LogP contribution in [0.25, 0.3) is 0 Å². The van der Waals surface area contributed by atoms with E-state index in [9.17, 15) is 0 Å². The average Bonchev–Trinajstić information content (AvgIpc) is 2.77. The summed E-state index contributed by atoms with van der Waals surface area (Å²) in [6, 6.07) is 8.72. The first-order valence-electron chi connectivity index (χ1n) is 6.37. The lowest BCUT2D eigenvalue weighted by molar-refractivity contribution is 0.550. The van der Waals surface area contributed by atoms with E-state index < -0.39 is 0 Å². The Labute approximate surface area is 108 Å². The highest BCUT2D eigenvalue weighted by atomic mass is 15.4. The molecule has 4 nitrogen and oxygen atoms in total. The number of rotatable bonds is 5. The van der Waals surface area contributed by atoms with E-state index in [2.05, 4.69) is 53.7 Å². The molecule has 96 valence electrons. The molecule has 4 heteroatoms. The van der Waals surface area contributed by atoms with Crippen LogP contribution >= 0.6 is 0 Å². The van der Waals surface area contributed by atoms with E-state index in [0.717, 1.165) is 18.7 Å². The van der Waals surface area contributed by atoms with Gasteiger partial charge in [-0.25, -0.2) is 0 Å². The second kappa shape index (κ2) is 5.78. The predicted octanol–water partition coefficient (Wildman–Crippen LogP) is 2.21. The molecular formula is C14H20N4. The summed E-state index contributed by atoms with van der Waals surface area (Å²) in [5.41, 5.74) is 3.62. The molecule has 0 saturated carbocycles. The molecule has 1 atom stereocenters. The van der Waals surface area contributed by atoms with Crippen molar-refractivity contribution in [2.75, 3.05) is 6.54 Å². The smallest absolute Gasteiger partial charge is 0.0798 e. The van der Waals surface area contributed by atoms with Gasteiger partial charge in [0.2, 0.25) is 0 Å². The van der Waals surface area contributed by atoms with Crippen molar-refractivity contribution >= 4 is 0 Å². The summed E-state index contributed by atoms with van der Waals surface area (Å²) in [4.78, 5) is 0. The number of nitrogens with zero attached hydrogens (tertiary/aromatic N) is 3. The third-order valence-corrected chi connectivity index (χ3v) is 3.02. The van der Waals surface area contributed by atoms with Crippen LogP contribution in [-0.2, 0) is 7.05 Å². The van der Waals surface area contributed by atoms with Crippen LogP contribution in [0.1, 0.15) is 36.2 Å². The van der Waals surface area contributed by atoms with Crippen molar-refractivity contribution in [3.63, 3.8) is 0 Å². The van der Waals surface area contributed by atoms with Gasteiger partial charge in [0, 0.05) is 7.05 Å². The Morgan fingerprint density at radius 3 is 2.83 bits per heavy atom. The van der Waals surface area contributed by atoms with Crippen molar-refractivity contribution in [2.24, 2.45) is 7.05 Å². The number of hydrogen-bond acceptors (Lipinski definition) is 3. The number of aryl methyl sites for hydroxylation is 2. The first kappa shape index (κ1) is 12.8. The summed E-state index contributed by atoms with van der Waals surface area (Å²) < 4.78 is 1.83. The summed E-state index contributed by atoms with van der Waals surface area (Å²) in [6.07, 6.45) is 2.93. The van der Waals surface area contributed by atoms with Gasteiger partial charge in [0.1, 0.15) is 0 Å². The topological polar surface area (TPSA) is 42.7 Å². The third-order valence-electron chi connectivity index (χ3n) is 3.02. The van der Waals surface area contributed by atoms with Crippen molar-refractivity contribution in [3.8, 4) is 0 Å². The maximum Gasteiger partial charge on any atom is 0.0798 e. The summed E-state index contributed by atoms with van der Waals surface area (Å²) in [5, 5.41) is 11.5. The van der Waals surface area contributed by atoms with Gasteiger partial charge in [0.05, 0.1) is 17.9 Å². The Hall–Kier alpha value is -1.68. The standard InChI is InChI=1S/C14H20N4/c1-4-8-15-14(13-10-16-17-18(13)3)12-7-5-6-11(2)9-12/h5-7,9-10,14-15H,4,8H2,1-3H3. The molecule has 0 spiro atoms. The minimum Gasteiger partial charge on any atom is -0.305 e. The molecule has 1 unspecified atom stereocenters. The normalized spacial score (nSPS) is 12.6. The van der Waals surface area contributed by atoms with Gasteiger partial charge < -0.3 is 5.32 Å². The molecule has 2 rings (SSSR count). The molecule has 1 N–H and O–H groups in total. The zero-order chi connectivity index (χ0) is 13.0. The number of aromatic nitrogens is 3. The molecule has 1 aromatic heterocycles. The molecule has 0 aliphatic heterocycles. The Morgan fingerprint density at radius 1 is 1.39 bits per heavy atom. The largest absolute Gasteiger partial charge is 0.305 e. The zero-order valence-electron chi connectivity index (χ0n) is 11.2. The van der Waals surface area contributed by atoms with Gasteiger partial charge >= 0.3 is 0 Å². The first-order chi connectivity index (χ1) is 8.72. The fourth-order valence-corrected chi connectivity index (χ4v) is 2.09. The molecule has 1 aromatic carbocycles. The average molecular weight is 244 g/mol. The van der Waals surface area contributed by atoms with Crippen LogP contribution < -0.4 is 5.32 Å². The van der Waals surface area contributed by atoms with Crippen LogP contribution in [0.3, 0.4) is 0 Å². The van der Waals surface area contributed by atoms with Gasteiger partial charge in [-0.05, 0) is 25.5 Å². The zero-order valence-corrected chi connectivity index (χ0v) is 11.2. The highest BCUT2D eigenvalue weighted by Gasteiger charge is 2.17. The number of benzene rings is 1. The highest BCUT2D eigenvalue weighted by molar-refractivity contribution is 5.30. The minimum atomic E-state index is 0.157. The molecule has 18 heavy (non-hydrogen) atoms. The van der Waals surface area contributed by atoms with Gasteiger partial charge in [-0.3, -0.25) is 4.68 Å². The van der Waals surface area contributed by atoms with Gasteiger partial charge in [-0.1, -0.05) is 42.0 Å². The van der Waals surface area contributed by atoms with E-state index in [4.69, 9.17) is 0 Å². The van der Waals surface area contributed by atoms with Crippen molar-refractivity contribution < 1.29 is 0 Å². The second-order valence-electron chi connectivity index (χ2n) is 4.58. The summed E-state index contributed by atoms with van der Waals surface area (Å²) in [7, 11) is 1.93. The van der Waals surface area contributed by atoms with Crippen LogP contribution in [-0.4, -0.2) is 21.5 Å². The summed E-state index contributed by atoms with van der Waals surface area (Å²) in [5.74, 6) is 0. The number of nitrogens with one attached hydrogen (secondary N) is 1. The molecule has 1 heterocycles. The lowest BCUT2D eigenvalue weighted by atomic mass is 10.0. The number of hydrogen-bond donors (Lipinski definition) is 1. The van der Waals surface area contributed by atoms with E-state index >= 15 is 0 Å². The SMILES string of the molecule is CCCNC(c1cccc(C)c1)c1cnnn1C. The summed E-state index contributed by atoms with van der Waals surface area (Å²) in [6.45, 7) is 5.26. The predicted molar refractivity (Wildman–Crippen MR) is 72.3 cm³/mol. The van der Waals surface area contributed by atoms with Gasteiger partial charge in [0.25, 0.3) is 0 Å². The molecular weight excluding hydrogens is 224 g/mol. The fraction of sp³-hybridized carbons (Fsp3) is 0.429. The molecule has 2 aromatic rings. The molecule has 0 radical (unpaired) electrons. The molecule has 0 aliphatic carbocycles. The van der Waals surface area contributed by atoms with Crippen molar-refractivity contribution in [3.05, 3.63) is 47.3 Å². The van der Waals surface area contributed by atoms with Gasteiger partial charge in [0.15, 0.2) is 0 Å². The van der Waals surface area contributed by atoms with Crippen LogP contribution in [0.2, 0.25) is 0 Å². The van der Waals surface area contributed by atoms with Crippen LogP contribution in [0.5, 0.6) is 0 Å². The van der Waals surface area contributed by atoms with Crippen molar-refractivity contribution in [1.29, 1.82) is 0 Å². The first-order valence-corrected chi connectivity index (χ1v) is 6.37. The summed E-state index contributed by atoms with van der Waals surface area (Å²) >= 11 is 0. The van der Waals surface area contributed by atoms with Crippen LogP contribution in [0, 0.1) is 6.92 Å². The fourth-order valence-electron chi connectivity index (χ4n) is 2.09.